The highest BCUT2D eigenvalue weighted by Crippen LogP contribution is 2.56. The van der Waals surface area contributed by atoms with Gasteiger partial charge in [-0.05, 0) is 17.2 Å². The zero-order chi connectivity index (χ0) is 19.5. The number of benzene rings is 2. The van der Waals surface area contributed by atoms with Gasteiger partial charge < -0.3 is 15.7 Å². The van der Waals surface area contributed by atoms with E-state index >= 15 is 0 Å². The fraction of sp³-hybridized carbons (Fsp3) is 0.0952. The minimum Gasteiger partial charge on any atom is -0.477 e. The van der Waals surface area contributed by atoms with Gasteiger partial charge in [0.1, 0.15) is 10.3 Å². The van der Waals surface area contributed by atoms with E-state index in [0.29, 0.717) is 32.9 Å². The Morgan fingerprint density at radius 3 is 2.46 bits per heavy atom. The topological polar surface area (TPSA) is 95.5 Å². The van der Waals surface area contributed by atoms with Crippen molar-refractivity contribution in [2.75, 3.05) is 10.6 Å². The average molecular weight is 390 g/mol. The van der Waals surface area contributed by atoms with Crippen molar-refractivity contribution < 1.29 is 19.5 Å². The van der Waals surface area contributed by atoms with Crippen molar-refractivity contribution in [3.05, 3.63) is 69.9 Å². The molecule has 0 saturated heterocycles. The van der Waals surface area contributed by atoms with Crippen LogP contribution in [0.15, 0.2) is 54.6 Å². The SMILES string of the molecule is O=C1C[C@]2(C(=O)Nc3ccccc32)c2sc(C(=O)O)c(-c3ccccc3)c2N1. The standard InChI is InChI=1S/C21H14N2O4S/c24-14-10-21(12-8-4-5-9-13(12)22-20(21)27)18-16(23-14)15(17(28-18)19(25)26)11-6-2-1-3-7-11/h1-9H,10H2,(H,22,27)(H,23,24)(H,25,26)/t21-/m1/s1. The Labute approximate surface area is 163 Å². The molecule has 0 radical (unpaired) electrons. The third-order valence-electron chi connectivity index (χ3n) is 5.27. The highest BCUT2D eigenvalue weighted by atomic mass is 32.1. The largest absolute Gasteiger partial charge is 0.477 e. The maximum atomic E-state index is 13.1. The summed E-state index contributed by atoms with van der Waals surface area (Å²) in [4.78, 5) is 38.5. The third-order valence-corrected chi connectivity index (χ3v) is 6.60. The molecule has 2 aliphatic rings. The predicted octanol–water partition coefficient (Wildman–Crippen LogP) is 3.69. The van der Waals surface area contributed by atoms with Crippen LogP contribution < -0.4 is 10.6 Å². The first-order valence-electron chi connectivity index (χ1n) is 8.69. The van der Waals surface area contributed by atoms with E-state index in [-0.39, 0.29) is 23.1 Å². The number of anilines is 2. The molecule has 1 aromatic heterocycles. The zero-order valence-corrected chi connectivity index (χ0v) is 15.3. The van der Waals surface area contributed by atoms with Gasteiger partial charge in [-0.3, -0.25) is 9.59 Å². The maximum Gasteiger partial charge on any atom is 0.346 e. The fourth-order valence-electron chi connectivity index (χ4n) is 4.10. The molecule has 138 valence electrons. The van der Waals surface area contributed by atoms with Crippen molar-refractivity contribution in [1.82, 2.24) is 0 Å². The van der Waals surface area contributed by atoms with E-state index in [1.165, 1.54) is 0 Å². The van der Waals surface area contributed by atoms with Crippen LogP contribution in [-0.4, -0.2) is 22.9 Å². The number of aromatic carboxylic acids is 1. The second kappa shape index (κ2) is 5.77. The summed E-state index contributed by atoms with van der Waals surface area (Å²) in [6, 6.07) is 16.3. The average Bonchev–Trinajstić information content (AvgIpc) is 3.20. The highest BCUT2D eigenvalue weighted by molar-refractivity contribution is 7.15. The molecule has 3 heterocycles. The summed E-state index contributed by atoms with van der Waals surface area (Å²) in [5, 5.41) is 15.5. The van der Waals surface area contributed by atoms with Gasteiger partial charge in [-0.25, -0.2) is 4.79 Å². The van der Waals surface area contributed by atoms with Crippen molar-refractivity contribution in [2.45, 2.75) is 11.8 Å². The van der Waals surface area contributed by atoms with Gasteiger partial charge in [-0.15, -0.1) is 11.3 Å². The van der Waals surface area contributed by atoms with Crippen molar-refractivity contribution in [3.63, 3.8) is 0 Å². The molecule has 3 aromatic rings. The lowest BCUT2D eigenvalue weighted by Gasteiger charge is -2.31. The van der Waals surface area contributed by atoms with Crippen LogP contribution in [-0.2, 0) is 15.0 Å². The van der Waals surface area contributed by atoms with Crippen LogP contribution in [0.5, 0.6) is 0 Å². The number of fused-ring (bicyclic) bond motifs is 4. The van der Waals surface area contributed by atoms with Crippen LogP contribution in [0.2, 0.25) is 0 Å². The number of para-hydroxylation sites is 1. The summed E-state index contributed by atoms with van der Waals surface area (Å²) in [6.07, 6.45) is -0.0589. The maximum absolute atomic E-state index is 13.1. The molecular formula is C21H14N2O4S. The first-order valence-corrected chi connectivity index (χ1v) is 9.51. The Hall–Kier alpha value is -3.45. The van der Waals surface area contributed by atoms with Gasteiger partial charge in [0.15, 0.2) is 0 Å². The van der Waals surface area contributed by atoms with Crippen LogP contribution in [0.3, 0.4) is 0 Å². The Bertz CT molecular complexity index is 1170. The summed E-state index contributed by atoms with van der Waals surface area (Å²) >= 11 is 1.06. The second-order valence-corrected chi connectivity index (χ2v) is 7.83. The first-order chi connectivity index (χ1) is 13.5. The number of hydrogen-bond acceptors (Lipinski definition) is 4. The number of amides is 2. The number of carboxylic acid groups (broad SMARTS) is 1. The van der Waals surface area contributed by atoms with Crippen LogP contribution in [0, 0.1) is 0 Å². The van der Waals surface area contributed by atoms with Gasteiger partial charge in [-0.2, -0.15) is 0 Å². The zero-order valence-electron chi connectivity index (χ0n) is 14.5. The van der Waals surface area contributed by atoms with E-state index in [1.807, 2.05) is 36.4 Å². The van der Waals surface area contributed by atoms with E-state index in [4.69, 9.17) is 0 Å². The molecule has 1 spiro atoms. The minimum absolute atomic E-state index is 0.0589. The van der Waals surface area contributed by atoms with Gasteiger partial charge in [0.2, 0.25) is 11.8 Å². The van der Waals surface area contributed by atoms with E-state index in [1.54, 1.807) is 18.2 Å². The molecule has 2 aliphatic heterocycles. The Morgan fingerprint density at radius 2 is 1.71 bits per heavy atom. The van der Waals surface area contributed by atoms with Crippen LogP contribution in [0.25, 0.3) is 11.1 Å². The lowest BCUT2D eigenvalue weighted by atomic mass is 9.74. The van der Waals surface area contributed by atoms with Crippen molar-refractivity contribution >= 4 is 40.5 Å². The first kappa shape index (κ1) is 16.7. The van der Waals surface area contributed by atoms with Gasteiger partial charge in [0, 0.05) is 11.3 Å². The molecule has 28 heavy (non-hydrogen) atoms. The third kappa shape index (κ3) is 2.10. The molecule has 2 amide bonds. The number of hydrogen-bond donors (Lipinski definition) is 3. The number of carboxylic acids is 1. The molecule has 0 unspecified atom stereocenters. The molecule has 7 heteroatoms. The summed E-state index contributed by atoms with van der Waals surface area (Å²) in [7, 11) is 0. The number of carbonyl (C=O) groups excluding carboxylic acids is 2. The van der Waals surface area contributed by atoms with Crippen molar-refractivity contribution in [1.29, 1.82) is 0 Å². The number of thiophene rings is 1. The Balaban J connectivity index is 1.86. The Kier molecular flexibility index (Phi) is 3.44. The molecule has 1 atom stereocenters. The molecule has 2 aromatic carbocycles. The number of carbonyl (C=O) groups is 3. The molecule has 3 N–H and O–H groups in total. The van der Waals surface area contributed by atoms with Crippen molar-refractivity contribution in [2.24, 2.45) is 0 Å². The summed E-state index contributed by atoms with van der Waals surface area (Å²) in [6.45, 7) is 0. The molecule has 0 saturated carbocycles. The number of nitrogens with one attached hydrogen (secondary N) is 2. The van der Waals surface area contributed by atoms with Crippen LogP contribution >= 0.6 is 11.3 Å². The van der Waals surface area contributed by atoms with E-state index in [2.05, 4.69) is 10.6 Å². The number of rotatable bonds is 2. The van der Waals surface area contributed by atoms with Crippen LogP contribution in [0.1, 0.15) is 26.5 Å². The molecule has 0 fully saturated rings. The summed E-state index contributed by atoms with van der Waals surface area (Å²) < 4.78 is 0. The van der Waals surface area contributed by atoms with Gasteiger partial charge >= 0.3 is 5.97 Å². The Morgan fingerprint density at radius 1 is 1.00 bits per heavy atom. The molecule has 0 aliphatic carbocycles. The highest BCUT2D eigenvalue weighted by Gasteiger charge is 2.55. The second-order valence-electron chi connectivity index (χ2n) is 6.81. The molecular weight excluding hydrogens is 376 g/mol. The normalized spacial score (nSPS) is 19.7. The van der Waals surface area contributed by atoms with Gasteiger partial charge in [-0.1, -0.05) is 48.5 Å². The minimum atomic E-state index is -1.21. The lowest BCUT2D eigenvalue weighted by Crippen LogP contribution is -2.42. The smallest absolute Gasteiger partial charge is 0.346 e. The monoisotopic (exact) mass is 390 g/mol. The van der Waals surface area contributed by atoms with Gasteiger partial charge in [0.05, 0.1) is 17.0 Å². The summed E-state index contributed by atoms with van der Waals surface area (Å²) in [5.74, 6) is -1.71. The van der Waals surface area contributed by atoms with E-state index in [0.717, 1.165) is 11.3 Å². The molecule has 5 rings (SSSR count). The quantitative estimate of drug-likeness (QED) is 0.622. The van der Waals surface area contributed by atoms with E-state index < -0.39 is 11.4 Å². The van der Waals surface area contributed by atoms with Crippen LogP contribution in [0.4, 0.5) is 11.4 Å². The van der Waals surface area contributed by atoms with E-state index in [9.17, 15) is 19.5 Å². The predicted molar refractivity (Wildman–Crippen MR) is 106 cm³/mol. The molecule has 6 nitrogen and oxygen atoms in total. The summed E-state index contributed by atoms with van der Waals surface area (Å²) in [5.41, 5.74) is 1.68. The van der Waals surface area contributed by atoms with Gasteiger partial charge in [0.25, 0.3) is 0 Å². The van der Waals surface area contributed by atoms with Crippen molar-refractivity contribution in [3.8, 4) is 11.1 Å². The molecule has 0 bridgehead atoms. The fourth-order valence-corrected chi connectivity index (χ4v) is 5.42. The lowest BCUT2D eigenvalue weighted by molar-refractivity contribution is -0.125.